The third-order valence-electron chi connectivity index (χ3n) is 18.7. The molecule has 13 N–H and O–H groups in total. The van der Waals surface area contributed by atoms with Gasteiger partial charge in [0.05, 0.1) is 90.0 Å². The Balaban J connectivity index is 0.000000230. The van der Waals surface area contributed by atoms with Crippen LogP contribution in [-0.4, -0.2) is 243 Å². The zero-order valence-electron chi connectivity index (χ0n) is 76.6. The molecule has 3 fully saturated rings. The van der Waals surface area contributed by atoms with Crippen molar-refractivity contribution in [3.8, 4) is 0 Å². The van der Waals surface area contributed by atoms with Crippen molar-refractivity contribution in [1.82, 2.24) is 97.6 Å². The Labute approximate surface area is 853 Å². The first-order valence-corrected chi connectivity index (χ1v) is 53.6. The number of nitrogens with one attached hydrogen (secondary N) is 2. The molecule has 766 valence electrons. The van der Waals surface area contributed by atoms with Gasteiger partial charge in [-0.25, -0.2) is 29.7 Å². The number of carbonyl (C=O) groups is 3. The van der Waals surface area contributed by atoms with Crippen LogP contribution >= 0.6 is 80.8 Å². The van der Waals surface area contributed by atoms with E-state index < -0.39 is 146 Å². The molecule has 0 radical (unpaired) electrons. The average Bonchev–Trinajstić information content (AvgIpc) is 1.64. The summed E-state index contributed by atoms with van der Waals surface area (Å²) in [6.45, 7) is 24.3. The molecule has 2 amide bonds. The summed E-state index contributed by atoms with van der Waals surface area (Å²) in [7, 11) is -9.87. The number of rotatable bonds is 28. The molecule has 0 bridgehead atoms. The van der Waals surface area contributed by atoms with Gasteiger partial charge in [-0.2, -0.15) is 49.8 Å². The first kappa shape index (κ1) is 119. The summed E-state index contributed by atoms with van der Waals surface area (Å²) in [6, 6.07) is 0. The summed E-state index contributed by atoms with van der Waals surface area (Å²) in [4.78, 5) is 97.2. The van der Waals surface area contributed by atoms with Crippen molar-refractivity contribution < 1.29 is 203 Å². The minimum atomic E-state index is -5.94. The van der Waals surface area contributed by atoms with Gasteiger partial charge in [-0.15, -0.1) is 0 Å². The first-order valence-electron chi connectivity index (χ1n) is 41.1. The SMILES string of the molecule is CCOP(=O)(CO)OCC.CCOP(=O)(CO[C@@H]1C=C[C@H](n2cnc3c(NC(=O)C(C)(C)C)nc(Cl)nc32)O1)OCC.CCOP(=O)(CO[C@H]1O[C@@H](n2cnc3c(NC(=O)C(C)(C)C)nc(Cl)nc32)C[C@@H]1C)OCC.Nc1nc(Cl)nc2c1ncn2[C@H]1CC=CO1.Nc1nc(Cl)nc2c1ncn2[C@H]1C[C@H](O)[C@@H](C(=O)O)O1.Nc1nc(Cl)nc2c1ncn2[C@H]1C[C@H](O)[C@@H](CO)O1.[Na+].[O-][I+3]([O-])([O-])[O-].[O]=[Pt]=[O]. The number of amides is 2. The number of hydrogen-bond acceptors (Lipinski definition) is 47. The molecule has 3 saturated heterocycles. The van der Waals surface area contributed by atoms with Crippen molar-refractivity contribution in [1.29, 1.82) is 0 Å². The van der Waals surface area contributed by atoms with Gasteiger partial charge < -0.3 is 114 Å². The van der Waals surface area contributed by atoms with Gasteiger partial charge in [-0.3, -0.25) is 59.9 Å². The topological polar surface area (TPSA) is 770 Å². The number of carboxylic acids is 1. The molecule has 0 unspecified atom stereocenters. The fraction of sp³-hybridized carbons (Fsp3) is 0.562. The number of anilines is 5. The molecule has 5 aliphatic heterocycles. The van der Waals surface area contributed by atoms with Crippen molar-refractivity contribution in [2.24, 2.45) is 16.7 Å². The van der Waals surface area contributed by atoms with Gasteiger partial charge in [0.25, 0.3) is 0 Å². The Kier molecular flexibility index (Phi) is 46.2. The van der Waals surface area contributed by atoms with Crippen LogP contribution < -0.4 is 91.2 Å². The number of aliphatic hydroxyl groups excluding tert-OH is 4. The quantitative estimate of drug-likeness (QED) is 0.0101. The van der Waals surface area contributed by atoms with Crippen LogP contribution in [0.3, 0.4) is 0 Å². The van der Waals surface area contributed by atoms with Gasteiger partial charge in [0, 0.05) is 42.4 Å². The molecular formula is C73H101Cl5IN25NaO30P3Pt. The van der Waals surface area contributed by atoms with E-state index in [9.17, 15) is 38.3 Å². The van der Waals surface area contributed by atoms with E-state index in [0.717, 1.165) is 6.42 Å². The number of aliphatic carboxylic acids is 1. The Morgan fingerprint density at radius 3 is 1.22 bits per heavy atom. The van der Waals surface area contributed by atoms with Crippen LogP contribution in [0.5, 0.6) is 0 Å². The van der Waals surface area contributed by atoms with Gasteiger partial charge >= 0.3 is 83.6 Å². The van der Waals surface area contributed by atoms with Crippen molar-refractivity contribution >= 4 is 183 Å². The number of hydrogen-bond donors (Lipinski definition) is 10. The number of nitrogens with two attached hydrogens (primary N) is 3. The van der Waals surface area contributed by atoms with Crippen LogP contribution in [0.1, 0.15) is 147 Å². The normalized spacial score (nSPS) is 20.6. The molecule has 5 aliphatic rings. The third-order valence-corrected chi connectivity index (χ3v) is 24.8. The van der Waals surface area contributed by atoms with Gasteiger partial charge in [-0.1, -0.05) is 48.5 Å². The number of nitrogen functional groups attached to an aromatic ring is 3. The maximum atomic E-state index is 12.7. The summed E-state index contributed by atoms with van der Waals surface area (Å²) in [5, 5.41) is 51.5. The summed E-state index contributed by atoms with van der Waals surface area (Å²) in [5.41, 5.74) is 20.1. The molecule has 0 saturated carbocycles. The van der Waals surface area contributed by atoms with Crippen molar-refractivity contribution in [2.45, 2.75) is 184 Å². The summed E-state index contributed by atoms with van der Waals surface area (Å²) >= 11 is 21.6. The fourth-order valence-electron chi connectivity index (χ4n) is 12.6. The van der Waals surface area contributed by atoms with E-state index in [1.165, 1.54) is 23.5 Å². The second-order valence-electron chi connectivity index (χ2n) is 30.8. The number of fused-ring (bicyclic) bond motifs is 5. The number of aliphatic hydroxyl groups is 4. The summed E-state index contributed by atoms with van der Waals surface area (Å²) in [6.07, 6.45) is 7.87. The molecule has 10 aromatic rings. The predicted molar refractivity (Wildman–Crippen MR) is 472 cm³/mol. The van der Waals surface area contributed by atoms with Crippen molar-refractivity contribution in [2.75, 3.05) is 93.1 Å². The van der Waals surface area contributed by atoms with Crippen LogP contribution in [0.2, 0.25) is 26.4 Å². The minimum absolute atomic E-state index is 0. The molecule has 15 heterocycles. The first-order chi connectivity index (χ1) is 64.9. The molecule has 0 aromatic carbocycles. The molecule has 0 aliphatic carbocycles. The van der Waals surface area contributed by atoms with Gasteiger partial charge in [0.1, 0.15) is 74.1 Å². The number of ether oxygens (including phenoxy) is 7. The number of imidazole rings is 5. The fourth-order valence-corrected chi connectivity index (χ4v) is 17.2. The molecule has 15 rings (SSSR count). The van der Waals surface area contributed by atoms with Crippen molar-refractivity contribution in [3.63, 3.8) is 0 Å². The van der Waals surface area contributed by atoms with Crippen molar-refractivity contribution in [3.05, 3.63) is 82.5 Å². The van der Waals surface area contributed by atoms with E-state index in [-0.39, 0.29) is 174 Å². The number of carbonyl (C=O) groups excluding carboxylic acids is 2. The molecule has 66 heteroatoms. The van der Waals surface area contributed by atoms with Crippen LogP contribution in [-0.2, 0) is 114 Å². The second kappa shape index (κ2) is 53.9. The number of halogens is 6. The van der Waals surface area contributed by atoms with Gasteiger partial charge in [0.2, 0.25) is 38.2 Å². The molecule has 55 nitrogen and oxygen atoms in total. The molecular weight excluding hydrogens is 2320 g/mol. The Bertz CT molecular complexity index is 6020. The van der Waals surface area contributed by atoms with E-state index in [2.05, 4.69) is 85.4 Å². The molecule has 12 atom stereocenters. The van der Waals surface area contributed by atoms with E-state index in [4.69, 9.17) is 171 Å². The predicted octanol–water partition coefficient (Wildman–Crippen LogP) is -0.0926. The van der Waals surface area contributed by atoms with E-state index in [1.54, 1.807) is 132 Å². The van der Waals surface area contributed by atoms with Crippen LogP contribution in [0.25, 0.3) is 55.8 Å². The van der Waals surface area contributed by atoms with Gasteiger partial charge in [-0.05, 0) is 118 Å². The number of nitrogens with zero attached hydrogens (tertiary/aromatic N) is 20. The van der Waals surface area contributed by atoms with Crippen LogP contribution in [0.15, 0.2) is 56.1 Å². The van der Waals surface area contributed by atoms with E-state index in [0.29, 0.717) is 68.7 Å². The maximum absolute atomic E-state index is 12.7. The van der Waals surface area contributed by atoms with Gasteiger partial charge in [0.15, 0.2) is 112 Å². The Hall–Kier alpha value is -6.80. The Morgan fingerprint density at radius 2 is 0.856 bits per heavy atom. The monoisotopic (exact) mass is 2420 g/mol. The van der Waals surface area contributed by atoms with E-state index in [1.807, 2.05) is 13.0 Å². The average molecular weight is 2420 g/mol. The number of carboxylic acid groups (broad SMARTS) is 1. The second-order valence-corrected chi connectivity index (χ2v) is 41.0. The third kappa shape index (κ3) is 33.6. The molecule has 10 aromatic heterocycles. The Morgan fingerprint density at radius 1 is 0.511 bits per heavy atom. The van der Waals surface area contributed by atoms with Crippen LogP contribution in [0, 0.1) is 16.7 Å². The molecule has 0 spiro atoms. The zero-order chi connectivity index (χ0) is 102. The molecule has 139 heavy (non-hydrogen) atoms. The standard InChI is InChI=1S/C20H31ClN5O6P.C19H27ClN5O6P.C10H10ClN5O4.C10H12ClN5O3.C9H8ClN5O.C5H13O4P.IO4.Na.2O.Pt/c1-7-30-33(28,31-8-2)11-29-17-12(3)9-13(32-17)26-10-22-14-15(23-18(27)20(4,5)6)24-19(21)25-16(14)26;1-6-29-32(27,30-7-2)11-28-13-9-8-12(31-13)25-10-21-14-15(22-17(26)19(3,4)5)23-18(20)24-16(14)25;11-10-14-7(12)5-8(15-10)16(2-13-5)4-1-3(17)6(20-4)9(18)19;11-10-14-8(12)7-9(15-10)16(3-13-7)6-1-4(18)5(2-17)19-6;10-9-13-7(11)6-8(14-9)15(4-12-6)5-2-1-3-16-5;1-3-8-10(7,5-6)9-4-2;2-1(3,4)5;;;;/h10,12-13,17H,7-9,11H2,1-6H3,(H,23,24,25,27);8-10,12-13H,6-7,11H2,1-5H3,(H,22,23,24,26);2-4,6,17H,1H2,(H,18,19)(H2,12,14,15);3-6,17-18H,1-2H2,(H2,12,14,15);1,3-5H,2H2,(H2,11,13,14);6H,3-5H2,1-2H3;;;;;/q;;;;;;-1;+1;;;/t12-,13+,17-;12-,13+;3-,4+,6-;4-,5+,6+;5-;;;;;;/m01001....../s1. The summed E-state index contributed by atoms with van der Waals surface area (Å²) in [5.74, 6) is -0.669. The number of aromatic nitrogens is 20. The van der Waals surface area contributed by atoms with Crippen LogP contribution in [0.4, 0.5) is 29.1 Å². The summed E-state index contributed by atoms with van der Waals surface area (Å²) < 4.78 is 166. The zero-order valence-corrected chi connectivity index (χ0v) is 89.5. The van der Waals surface area contributed by atoms with E-state index >= 15 is 0 Å².